The van der Waals surface area contributed by atoms with Gasteiger partial charge in [-0.25, -0.2) is 0 Å². The summed E-state index contributed by atoms with van der Waals surface area (Å²) in [6.45, 7) is 4.27. The topological polar surface area (TPSA) is 35.8 Å². The molecule has 0 saturated carbocycles. The van der Waals surface area contributed by atoms with Gasteiger partial charge in [0.1, 0.15) is 5.75 Å². The maximum absolute atomic E-state index is 9.56. The first-order chi connectivity index (χ1) is 8.36. The van der Waals surface area contributed by atoms with Gasteiger partial charge in [0.25, 0.3) is 0 Å². The summed E-state index contributed by atoms with van der Waals surface area (Å²) in [5, 5.41) is 9.56. The summed E-state index contributed by atoms with van der Waals surface area (Å²) in [6, 6.07) is 7.29. The molecule has 1 aromatic carbocycles. The normalized spacial score (nSPS) is 17.6. The lowest BCUT2D eigenvalue weighted by atomic mass is 10.1. The Hall–Kier alpha value is -1.35. The molecule has 3 heteroatoms. The zero-order valence-corrected chi connectivity index (χ0v) is 10.2. The fourth-order valence-electron chi connectivity index (χ4n) is 2.14. The predicted octanol–water partition coefficient (Wildman–Crippen LogP) is 2.30. The molecule has 0 bridgehead atoms. The van der Waals surface area contributed by atoms with Gasteiger partial charge in [-0.2, -0.15) is 0 Å². The summed E-state index contributed by atoms with van der Waals surface area (Å²) in [7, 11) is 0. The Morgan fingerprint density at radius 1 is 1.18 bits per heavy atom. The number of aliphatic imine (C=N–C) groups is 1. The molecule has 1 aliphatic rings. The molecule has 0 unspecified atom stereocenters. The average Bonchev–Trinajstić information content (AvgIpc) is 2.38. The Kier molecular flexibility index (Phi) is 4.56. The van der Waals surface area contributed by atoms with Crippen LogP contribution >= 0.6 is 0 Å². The monoisotopic (exact) mass is 232 g/mol. The van der Waals surface area contributed by atoms with Crippen LogP contribution in [0.25, 0.3) is 0 Å². The quantitative estimate of drug-likeness (QED) is 0.809. The molecule has 1 N–H and O–H groups in total. The standard InChI is InChI=1S/C14H20N2O/c17-14-7-3-2-6-13(14)12-15-8-11-16-9-4-1-5-10-16/h2-3,6-7,12,17H,1,4-5,8-11H2. The molecule has 92 valence electrons. The number of likely N-dealkylation sites (tertiary alicyclic amines) is 1. The lowest BCUT2D eigenvalue weighted by molar-refractivity contribution is 0.235. The summed E-state index contributed by atoms with van der Waals surface area (Å²) in [5.74, 6) is 0.300. The van der Waals surface area contributed by atoms with E-state index in [1.807, 2.05) is 18.2 Å². The van der Waals surface area contributed by atoms with Crippen LogP contribution in [0.3, 0.4) is 0 Å². The van der Waals surface area contributed by atoms with E-state index in [4.69, 9.17) is 0 Å². The second-order valence-corrected chi connectivity index (χ2v) is 4.50. The molecule has 1 saturated heterocycles. The first-order valence-corrected chi connectivity index (χ1v) is 6.36. The van der Waals surface area contributed by atoms with Crippen LogP contribution in [0.5, 0.6) is 5.75 Å². The number of phenolic OH excluding ortho intramolecular Hbond substituents is 1. The minimum Gasteiger partial charge on any atom is -0.507 e. The molecule has 1 aromatic rings. The molecule has 1 aliphatic heterocycles. The van der Waals surface area contributed by atoms with Crippen molar-refractivity contribution < 1.29 is 5.11 Å². The Morgan fingerprint density at radius 2 is 1.94 bits per heavy atom. The Balaban J connectivity index is 1.76. The molecule has 2 rings (SSSR count). The highest BCUT2D eigenvalue weighted by atomic mass is 16.3. The van der Waals surface area contributed by atoms with Crippen molar-refractivity contribution in [2.24, 2.45) is 4.99 Å². The maximum atomic E-state index is 9.56. The number of aromatic hydroxyl groups is 1. The van der Waals surface area contributed by atoms with Crippen LogP contribution in [-0.4, -0.2) is 42.4 Å². The van der Waals surface area contributed by atoms with Crippen molar-refractivity contribution in [3.05, 3.63) is 29.8 Å². The number of hydrogen-bond acceptors (Lipinski definition) is 3. The minimum absolute atomic E-state index is 0.300. The molecular formula is C14H20N2O. The lowest BCUT2D eigenvalue weighted by Crippen LogP contribution is -2.31. The molecule has 0 atom stereocenters. The zero-order valence-electron chi connectivity index (χ0n) is 10.2. The molecule has 0 radical (unpaired) electrons. The Morgan fingerprint density at radius 3 is 2.71 bits per heavy atom. The first-order valence-electron chi connectivity index (χ1n) is 6.36. The third-order valence-electron chi connectivity index (χ3n) is 3.16. The lowest BCUT2D eigenvalue weighted by Gasteiger charge is -2.25. The van der Waals surface area contributed by atoms with Gasteiger partial charge >= 0.3 is 0 Å². The van der Waals surface area contributed by atoms with Crippen LogP contribution in [0.4, 0.5) is 0 Å². The maximum Gasteiger partial charge on any atom is 0.124 e. The number of para-hydroxylation sites is 1. The van der Waals surface area contributed by atoms with E-state index < -0.39 is 0 Å². The predicted molar refractivity (Wildman–Crippen MR) is 70.9 cm³/mol. The molecule has 1 fully saturated rings. The average molecular weight is 232 g/mol. The van der Waals surface area contributed by atoms with Crippen molar-refractivity contribution in [1.82, 2.24) is 4.90 Å². The largest absolute Gasteiger partial charge is 0.507 e. The summed E-state index contributed by atoms with van der Waals surface area (Å²) < 4.78 is 0. The highest BCUT2D eigenvalue weighted by Crippen LogP contribution is 2.12. The van der Waals surface area contributed by atoms with E-state index in [0.29, 0.717) is 5.75 Å². The second-order valence-electron chi connectivity index (χ2n) is 4.50. The molecule has 0 aliphatic carbocycles. The third-order valence-corrected chi connectivity index (χ3v) is 3.16. The van der Waals surface area contributed by atoms with Gasteiger partial charge in [-0.15, -0.1) is 0 Å². The molecule has 0 aromatic heterocycles. The van der Waals surface area contributed by atoms with Gasteiger partial charge in [-0.3, -0.25) is 4.99 Å². The Bertz CT molecular complexity index is 370. The fraction of sp³-hybridized carbons (Fsp3) is 0.500. The highest BCUT2D eigenvalue weighted by Gasteiger charge is 2.08. The fourth-order valence-corrected chi connectivity index (χ4v) is 2.14. The number of rotatable bonds is 4. The van der Waals surface area contributed by atoms with Crippen molar-refractivity contribution >= 4 is 6.21 Å². The Labute approximate surface area is 103 Å². The van der Waals surface area contributed by atoms with Crippen LogP contribution < -0.4 is 0 Å². The highest BCUT2D eigenvalue weighted by molar-refractivity contribution is 5.83. The summed E-state index contributed by atoms with van der Waals surface area (Å²) in [6.07, 6.45) is 5.78. The van der Waals surface area contributed by atoms with Crippen molar-refractivity contribution in [3.63, 3.8) is 0 Å². The SMILES string of the molecule is Oc1ccccc1C=NCCN1CCCCC1. The minimum atomic E-state index is 0.300. The van der Waals surface area contributed by atoms with Gasteiger partial charge in [-0.05, 0) is 38.1 Å². The number of benzene rings is 1. The van der Waals surface area contributed by atoms with Crippen LogP contribution in [0, 0.1) is 0 Å². The van der Waals surface area contributed by atoms with Crippen LogP contribution in [0.1, 0.15) is 24.8 Å². The first kappa shape index (κ1) is 12.1. The van der Waals surface area contributed by atoms with Gasteiger partial charge in [-0.1, -0.05) is 18.6 Å². The van der Waals surface area contributed by atoms with Crippen LogP contribution in [0.2, 0.25) is 0 Å². The smallest absolute Gasteiger partial charge is 0.124 e. The summed E-state index contributed by atoms with van der Waals surface area (Å²) in [4.78, 5) is 6.83. The summed E-state index contributed by atoms with van der Waals surface area (Å²) >= 11 is 0. The summed E-state index contributed by atoms with van der Waals surface area (Å²) in [5.41, 5.74) is 0.797. The molecular weight excluding hydrogens is 212 g/mol. The van der Waals surface area contributed by atoms with E-state index in [9.17, 15) is 5.11 Å². The van der Waals surface area contributed by atoms with E-state index in [1.54, 1.807) is 12.3 Å². The van der Waals surface area contributed by atoms with E-state index in [2.05, 4.69) is 9.89 Å². The third kappa shape index (κ3) is 3.86. The van der Waals surface area contributed by atoms with E-state index in [0.717, 1.165) is 18.7 Å². The van der Waals surface area contributed by atoms with Crippen LogP contribution in [0.15, 0.2) is 29.3 Å². The van der Waals surface area contributed by atoms with Gasteiger partial charge in [0.15, 0.2) is 0 Å². The van der Waals surface area contributed by atoms with Gasteiger partial charge in [0.2, 0.25) is 0 Å². The van der Waals surface area contributed by atoms with E-state index in [-0.39, 0.29) is 0 Å². The number of hydrogen-bond donors (Lipinski definition) is 1. The number of phenols is 1. The van der Waals surface area contributed by atoms with Gasteiger partial charge < -0.3 is 10.0 Å². The van der Waals surface area contributed by atoms with Crippen LogP contribution in [-0.2, 0) is 0 Å². The zero-order chi connectivity index (χ0) is 11.9. The van der Waals surface area contributed by atoms with Crippen molar-refractivity contribution in [1.29, 1.82) is 0 Å². The number of piperidine rings is 1. The van der Waals surface area contributed by atoms with E-state index in [1.165, 1.54) is 32.4 Å². The van der Waals surface area contributed by atoms with Crippen molar-refractivity contribution in [2.45, 2.75) is 19.3 Å². The molecule has 0 spiro atoms. The van der Waals surface area contributed by atoms with Crippen molar-refractivity contribution in [2.75, 3.05) is 26.2 Å². The molecule has 0 amide bonds. The van der Waals surface area contributed by atoms with Gasteiger partial charge in [0.05, 0.1) is 6.54 Å². The second kappa shape index (κ2) is 6.40. The molecule has 17 heavy (non-hydrogen) atoms. The molecule has 3 nitrogen and oxygen atoms in total. The number of nitrogens with zero attached hydrogens (tertiary/aromatic N) is 2. The van der Waals surface area contributed by atoms with E-state index >= 15 is 0 Å². The van der Waals surface area contributed by atoms with Crippen molar-refractivity contribution in [3.8, 4) is 5.75 Å². The van der Waals surface area contributed by atoms with Gasteiger partial charge in [0, 0.05) is 18.3 Å². The molecule has 1 heterocycles.